The summed E-state index contributed by atoms with van der Waals surface area (Å²) in [7, 11) is 3.98. The van der Waals surface area contributed by atoms with E-state index in [0.29, 0.717) is 67.6 Å². The molecule has 0 spiro atoms. The Morgan fingerprint density at radius 3 is 2.90 bits per heavy atom. The van der Waals surface area contributed by atoms with E-state index in [-0.39, 0.29) is 17.9 Å². The van der Waals surface area contributed by atoms with E-state index in [1.807, 2.05) is 71.7 Å². The van der Waals surface area contributed by atoms with Crippen molar-refractivity contribution in [2.24, 2.45) is 0 Å². The molecule has 0 saturated heterocycles. The molecule has 2 amide bonds. The van der Waals surface area contributed by atoms with Crippen LogP contribution in [0.15, 0.2) is 66.3 Å². The second-order valence-electron chi connectivity index (χ2n) is 10.4. The van der Waals surface area contributed by atoms with Crippen molar-refractivity contribution in [3.05, 3.63) is 99.3 Å². The Balaban J connectivity index is 1.39. The lowest BCUT2D eigenvalue weighted by atomic mass is 9.87. The summed E-state index contributed by atoms with van der Waals surface area (Å²) in [5.74, 6) is 1.55. The molecule has 10 heteroatoms. The molecule has 3 aliphatic rings. The Morgan fingerprint density at radius 1 is 1.12 bits per heavy atom. The Morgan fingerprint density at radius 2 is 2.02 bits per heavy atom. The van der Waals surface area contributed by atoms with E-state index < -0.39 is 0 Å². The number of fused-ring (bicyclic) bond motifs is 6. The van der Waals surface area contributed by atoms with Crippen molar-refractivity contribution < 1.29 is 19.1 Å². The van der Waals surface area contributed by atoms with Crippen LogP contribution in [0.4, 0.5) is 0 Å². The number of hydrogen-bond acceptors (Lipinski definition) is 8. The number of carbonyl (C=O) groups is 2. The monoisotopic (exact) mass is 569 g/mol. The molecule has 2 aromatic heterocycles. The van der Waals surface area contributed by atoms with Crippen molar-refractivity contribution in [1.29, 1.82) is 0 Å². The maximum Gasteiger partial charge on any atom is 0.274 e. The summed E-state index contributed by atoms with van der Waals surface area (Å²) >= 11 is 1.51. The predicted molar refractivity (Wildman–Crippen MR) is 156 cm³/mol. The minimum Gasteiger partial charge on any atom is -0.494 e. The van der Waals surface area contributed by atoms with E-state index in [1.54, 1.807) is 12.3 Å². The van der Waals surface area contributed by atoms with E-state index in [0.717, 1.165) is 21.7 Å². The Labute approximate surface area is 242 Å². The standard InChI is InChI=1S/C31H31N5O4S/c1-35(2)18-28-34-27(19-41-28)31(38)36-11-9-20-13-24-7-8-26(20)29(36)21-5-3-6-23(14-21)39-12-4-10-33-30(37)22-15-25(40-24)17-32-16-22/h3,5-8,13-17,19,29H,4,9-12,18H2,1-2H3,(H,33,37). The van der Waals surface area contributed by atoms with Gasteiger partial charge < -0.3 is 24.6 Å². The van der Waals surface area contributed by atoms with Crippen LogP contribution >= 0.6 is 11.3 Å². The molecule has 2 aromatic carbocycles. The maximum atomic E-state index is 13.9. The molecule has 0 saturated carbocycles. The third kappa shape index (κ3) is 5.94. The summed E-state index contributed by atoms with van der Waals surface area (Å²) in [6.45, 7) is 2.12. The molecule has 0 aliphatic carbocycles. The summed E-state index contributed by atoms with van der Waals surface area (Å²) in [5.41, 5.74) is 3.99. The summed E-state index contributed by atoms with van der Waals surface area (Å²) in [6.07, 6.45) is 4.42. The van der Waals surface area contributed by atoms with Crippen molar-refractivity contribution >= 4 is 23.2 Å². The molecule has 210 valence electrons. The molecule has 1 atom stereocenters. The van der Waals surface area contributed by atoms with Gasteiger partial charge in [-0.25, -0.2) is 4.98 Å². The lowest BCUT2D eigenvalue weighted by molar-refractivity contribution is 0.0688. The first-order valence-corrected chi connectivity index (χ1v) is 14.5. The van der Waals surface area contributed by atoms with Gasteiger partial charge in [-0.1, -0.05) is 18.2 Å². The van der Waals surface area contributed by atoms with Crippen LogP contribution in [-0.4, -0.2) is 65.4 Å². The van der Waals surface area contributed by atoms with Crippen LogP contribution in [-0.2, 0) is 13.0 Å². The highest BCUT2D eigenvalue weighted by atomic mass is 32.1. The Kier molecular flexibility index (Phi) is 7.67. The number of amides is 2. The molecule has 5 heterocycles. The van der Waals surface area contributed by atoms with Crippen LogP contribution in [0.2, 0.25) is 0 Å². The van der Waals surface area contributed by atoms with Gasteiger partial charge in [0.25, 0.3) is 11.8 Å². The quantitative estimate of drug-likeness (QED) is 0.382. The lowest BCUT2D eigenvalue weighted by Crippen LogP contribution is -2.40. The van der Waals surface area contributed by atoms with Gasteiger partial charge in [-0.15, -0.1) is 11.3 Å². The molecule has 1 N–H and O–H groups in total. The summed E-state index contributed by atoms with van der Waals surface area (Å²) in [6, 6.07) is 15.2. The second-order valence-corrected chi connectivity index (χ2v) is 11.4. The van der Waals surface area contributed by atoms with Crippen molar-refractivity contribution in [1.82, 2.24) is 25.1 Å². The molecule has 4 aromatic rings. The first-order valence-electron chi connectivity index (χ1n) is 13.6. The molecule has 1 unspecified atom stereocenters. The average molecular weight is 570 g/mol. The van der Waals surface area contributed by atoms with Gasteiger partial charge in [0.15, 0.2) is 0 Å². The number of nitrogens with zero attached hydrogens (tertiary/aromatic N) is 4. The molecule has 9 nitrogen and oxygen atoms in total. The lowest BCUT2D eigenvalue weighted by Gasteiger charge is -2.37. The SMILES string of the molecule is CN(C)Cc1nc(C(=O)N2CCc3cc4ccc3C2c2cccc(c2)OCCCNC(=O)c2cncc(c2)O4)cs1. The minimum absolute atomic E-state index is 0.0886. The number of pyridine rings is 1. The highest BCUT2D eigenvalue weighted by Gasteiger charge is 2.34. The predicted octanol–water partition coefficient (Wildman–Crippen LogP) is 4.69. The fourth-order valence-electron chi connectivity index (χ4n) is 5.22. The van der Waals surface area contributed by atoms with Gasteiger partial charge in [0.2, 0.25) is 0 Å². The Hall–Kier alpha value is -4.28. The molecular weight excluding hydrogens is 538 g/mol. The summed E-state index contributed by atoms with van der Waals surface area (Å²) in [5, 5.41) is 5.68. The second kappa shape index (κ2) is 11.7. The first-order chi connectivity index (χ1) is 19.9. The molecule has 8 bridgehead atoms. The van der Waals surface area contributed by atoms with E-state index in [9.17, 15) is 9.59 Å². The van der Waals surface area contributed by atoms with E-state index in [1.165, 1.54) is 17.5 Å². The molecular formula is C31H31N5O4S. The van der Waals surface area contributed by atoms with Gasteiger partial charge in [0, 0.05) is 31.2 Å². The van der Waals surface area contributed by atoms with E-state index in [2.05, 4.69) is 15.3 Å². The van der Waals surface area contributed by atoms with Crippen molar-refractivity contribution in [2.75, 3.05) is 33.8 Å². The molecule has 7 rings (SSSR count). The molecule has 0 radical (unpaired) electrons. The largest absolute Gasteiger partial charge is 0.494 e. The molecule has 41 heavy (non-hydrogen) atoms. The Bertz CT molecular complexity index is 1590. The van der Waals surface area contributed by atoms with Crippen LogP contribution in [0.1, 0.15) is 55.0 Å². The van der Waals surface area contributed by atoms with Crippen LogP contribution in [0.25, 0.3) is 0 Å². The first kappa shape index (κ1) is 26.9. The highest BCUT2D eigenvalue weighted by Crippen LogP contribution is 2.39. The zero-order valence-corrected chi connectivity index (χ0v) is 23.8. The van der Waals surface area contributed by atoms with Crippen molar-refractivity contribution in [2.45, 2.75) is 25.4 Å². The highest BCUT2D eigenvalue weighted by molar-refractivity contribution is 7.09. The normalized spacial score (nSPS) is 16.8. The number of ether oxygens (including phenoxy) is 2. The van der Waals surface area contributed by atoms with Gasteiger partial charge in [0.05, 0.1) is 24.4 Å². The molecule has 0 fully saturated rings. The average Bonchev–Trinajstić information content (AvgIpc) is 3.43. The van der Waals surface area contributed by atoms with Crippen molar-refractivity contribution in [3.8, 4) is 17.2 Å². The minimum atomic E-state index is -0.314. The number of carbonyl (C=O) groups excluding carboxylic acids is 2. The van der Waals surface area contributed by atoms with Crippen LogP contribution in [0, 0.1) is 0 Å². The van der Waals surface area contributed by atoms with Crippen LogP contribution in [0.5, 0.6) is 17.2 Å². The van der Waals surface area contributed by atoms with Gasteiger partial charge in [-0.05, 0) is 74.0 Å². The number of rotatable bonds is 3. The van der Waals surface area contributed by atoms with Crippen molar-refractivity contribution in [3.63, 3.8) is 0 Å². The van der Waals surface area contributed by atoms with Gasteiger partial charge in [-0.3, -0.25) is 14.6 Å². The fraction of sp³-hybridized carbons (Fsp3) is 0.290. The number of benzene rings is 2. The maximum absolute atomic E-state index is 13.9. The topological polar surface area (TPSA) is 96.9 Å². The smallest absolute Gasteiger partial charge is 0.274 e. The number of aromatic nitrogens is 2. The van der Waals surface area contributed by atoms with Gasteiger partial charge in [-0.2, -0.15) is 0 Å². The number of nitrogens with one attached hydrogen (secondary N) is 1. The van der Waals surface area contributed by atoms with Gasteiger partial charge in [0.1, 0.15) is 28.0 Å². The van der Waals surface area contributed by atoms with E-state index in [4.69, 9.17) is 9.47 Å². The zero-order chi connectivity index (χ0) is 28.3. The number of hydrogen-bond donors (Lipinski definition) is 1. The van der Waals surface area contributed by atoms with Crippen LogP contribution in [0.3, 0.4) is 0 Å². The summed E-state index contributed by atoms with van der Waals surface area (Å²) < 4.78 is 12.2. The molecule has 3 aliphatic heterocycles. The zero-order valence-electron chi connectivity index (χ0n) is 23.0. The van der Waals surface area contributed by atoms with E-state index >= 15 is 0 Å². The third-order valence-electron chi connectivity index (χ3n) is 7.09. The van der Waals surface area contributed by atoms with Gasteiger partial charge >= 0.3 is 0 Å². The summed E-state index contributed by atoms with van der Waals surface area (Å²) in [4.78, 5) is 39.4. The third-order valence-corrected chi connectivity index (χ3v) is 7.92. The number of thiazole rings is 1. The van der Waals surface area contributed by atoms with Crippen LogP contribution < -0.4 is 14.8 Å². The fourth-order valence-corrected chi connectivity index (χ4v) is 6.10.